The van der Waals surface area contributed by atoms with E-state index in [0.29, 0.717) is 0 Å². The van der Waals surface area contributed by atoms with Gasteiger partial charge in [-0.25, -0.2) is 9.97 Å². The Morgan fingerprint density at radius 1 is 0.622 bits per heavy atom. The summed E-state index contributed by atoms with van der Waals surface area (Å²) in [6, 6.07) is 22.8. The molecule has 0 unspecified atom stereocenters. The third kappa shape index (κ3) is 2.43. The number of hydrogen-bond acceptors (Lipinski definition) is 4. The van der Waals surface area contributed by atoms with Gasteiger partial charge in [-0.2, -0.15) is 0 Å². The van der Waals surface area contributed by atoms with E-state index in [-0.39, 0.29) is 16.2 Å². The number of hydrogen-bond donors (Lipinski definition) is 0. The van der Waals surface area contributed by atoms with Gasteiger partial charge < -0.3 is 4.90 Å². The van der Waals surface area contributed by atoms with Gasteiger partial charge in [0.1, 0.15) is 15.4 Å². The molecule has 0 saturated heterocycles. The number of anilines is 3. The molecule has 0 saturated carbocycles. The first kappa shape index (κ1) is 21.6. The Hall–Kier alpha value is -3.50. The van der Waals surface area contributed by atoms with E-state index in [1.165, 1.54) is 56.0 Å². The molecule has 3 aromatic carbocycles. The van der Waals surface area contributed by atoms with Gasteiger partial charge in [-0.15, -0.1) is 0 Å². The summed E-state index contributed by atoms with van der Waals surface area (Å²) in [5.41, 5.74) is 14.3. The van der Waals surface area contributed by atoms with Crippen LogP contribution in [0.1, 0.15) is 74.9 Å². The first-order valence-corrected chi connectivity index (χ1v) is 13.9. The molecule has 3 aliphatic heterocycles. The molecule has 0 atom stereocenters. The molecule has 0 bridgehead atoms. The fraction of sp³-hybridized carbons (Fsp3) is 0.273. The first-order chi connectivity index (χ1) is 17.6. The highest BCUT2D eigenvalue weighted by molar-refractivity contribution is 7.21. The van der Waals surface area contributed by atoms with Crippen molar-refractivity contribution in [3.8, 4) is 10.6 Å². The summed E-state index contributed by atoms with van der Waals surface area (Å²) in [6.45, 7) is 14.4. The van der Waals surface area contributed by atoms with Crippen LogP contribution in [0.3, 0.4) is 0 Å². The van der Waals surface area contributed by atoms with Gasteiger partial charge in [0.15, 0.2) is 0 Å². The summed E-state index contributed by atoms with van der Waals surface area (Å²) >= 11 is 1.69. The van der Waals surface area contributed by atoms with Crippen molar-refractivity contribution in [2.24, 2.45) is 0 Å². The maximum atomic E-state index is 5.01. The molecule has 0 fully saturated rings. The molecule has 3 nitrogen and oxygen atoms in total. The maximum absolute atomic E-state index is 5.01. The maximum Gasteiger partial charge on any atom is 0.143 e. The molecule has 0 N–H and O–H groups in total. The summed E-state index contributed by atoms with van der Waals surface area (Å²) in [4.78, 5) is 13.2. The number of rotatable bonds is 1. The predicted octanol–water partition coefficient (Wildman–Crippen LogP) is 8.75. The molecule has 5 aromatic rings. The van der Waals surface area contributed by atoms with Crippen LogP contribution in [0, 0.1) is 0 Å². The second kappa shape index (κ2) is 6.49. The quantitative estimate of drug-likeness (QED) is 0.231. The van der Waals surface area contributed by atoms with E-state index >= 15 is 0 Å². The second-order valence-electron chi connectivity index (χ2n) is 12.4. The zero-order valence-electron chi connectivity index (χ0n) is 22.1. The lowest BCUT2D eigenvalue weighted by Gasteiger charge is -2.55. The van der Waals surface area contributed by atoms with Crippen LogP contribution in [-0.4, -0.2) is 9.97 Å². The van der Waals surface area contributed by atoms with Crippen LogP contribution in [0.5, 0.6) is 0 Å². The zero-order chi connectivity index (χ0) is 25.5. The van der Waals surface area contributed by atoms with E-state index in [1.807, 2.05) is 12.3 Å². The van der Waals surface area contributed by atoms with Crippen LogP contribution in [0.2, 0.25) is 0 Å². The van der Waals surface area contributed by atoms with Crippen molar-refractivity contribution in [3.05, 3.63) is 100 Å². The lowest BCUT2D eigenvalue weighted by molar-refractivity contribution is 0.567. The lowest BCUT2D eigenvalue weighted by atomic mass is 9.60. The third-order valence-electron chi connectivity index (χ3n) is 9.31. The van der Waals surface area contributed by atoms with Gasteiger partial charge in [-0.1, -0.05) is 89.3 Å². The molecule has 0 spiro atoms. The van der Waals surface area contributed by atoms with E-state index in [0.717, 1.165) is 15.4 Å². The Morgan fingerprint density at radius 2 is 1.11 bits per heavy atom. The number of nitrogens with zero attached hydrogens (tertiary/aromatic N) is 3. The summed E-state index contributed by atoms with van der Waals surface area (Å²) < 4.78 is 0. The monoisotopic (exact) mass is 499 g/mol. The fourth-order valence-corrected chi connectivity index (χ4v) is 8.10. The van der Waals surface area contributed by atoms with Gasteiger partial charge >= 0.3 is 0 Å². The zero-order valence-corrected chi connectivity index (χ0v) is 22.9. The van der Waals surface area contributed by atoms with Crippen LogP contribution < -0.4 is 4.90 Å². The largest absolute Gasteiger partial charge is 0.309 e. The molecule has 182 valence electrons. The minimum Gasteiger partial charge on any atom is -0.309 e. The number of thiazole rings is 1. The van der Waals surface area contributed by atoms with E-state index in [2.05, 4.69) is 106 Å². The normalized spacial score (nSPS) is 18.6. The highest BCUT2D eigenvalue weighted by Gasteiger charge is 2.51. The molecular formula is C33H29N3S. The Kier molecular flexibility index (Phi) is 3.78. The number of para-hydroxylation sites is 2. The standard InChI is InChI=1S/C33H29N3S/c1-31(2)19-10-7-12-21-26(19)36-27-20(31)11-8-13-22(27)33(5,6)24-17-18(16-23(28(24)36)32(21,3)4)29-35-25-14-9-15-34-30(25)37-29/h7-17H,1-6H3. The van der Waals surface area contributed by atoms with Gasteiger partial charge in [0.05, 0.1) is 17.1 Å². The van der Waals surface area contributed by atoms with Crippen LogP contribution in [-0.2, 0) is 16.2 Å². The van der Waals surface area contributed by atoms with E-state index < -0.39 is 0 Å². The molecule has 8 rings (SSSR count). The molecule has 2 aromatic heterocycles. The van der Waals surface area contributed by atoms with E-state index in [1.54, 1.807) is 11.3 Å². The van der Waals surface area contributed by atoms with Crippen molar-refractivity contribution in [3.63, 3.8) is 0 Å². The van der Waals surface area contributed by atoms with Gasteiger partial charge in [0.2, 0.25) is 0 Å². The summed E-state index contributed by atoms with van der Waals surface area (Å²) in [5, 5.41) is 1.04. The van der Waals surface area contributed by atoms with Crippen LogP contribution in [0.15, 0.2) is 66.9 Å². The van der Waals surface area contributed by atoms with Crippen LogP contribution >= 0.6 is 11.3 Å². The Labute approximate surface area is 221 Å². The summed E-state index contributed by atoms with van der Waals surface area (Å²) in [5.74, 6) is 0. The second-order valence-corrected chi connectivity index (χ2v) is 13.4. The van der Waals surface area contributed by atoms with Crippen molar-refractivity contribution in [2.45, 2.75) is 57.8 Å². The average molecular weight is 500 g/mol. The van der Waals surface area contributed by atoms with Crippen LogP contribution in [0.4, 0.5) is 17.1 Å². The molecule has 0 radical (unpaired) electrons. The molecule has 0 amide bonds. The predicted molar refractivity (Wildman–Crippen MR) is 154 cm³/mol. The number of fused-ring (bicyclic) bond motifs is 1. The van der Waals surface area contributed by atoms with Crippen molar-refractivity contribution in [1.29, 1.82) is 0 Å². The minimum atomic E-state index is -0.146. The summed E-state index contributed by atoms with van der Waals surface area (Å²) in [7, 11) is 0. The number of pyridine rings is 1. The highest BCUT2D eigenvalue weighted by atomic mass is 32.1. The molecule has 3 aliphatic rings. The number of aromatic nitrogens is 2. The van der Waals surface area contributed by atoms with Crippen molar-refractivity contribution >= 4 is 38.7 Å². The lowest BCUT2D eigenvalue weighted by Crippen LogP contribution is -2.43. The molecular weight excluding hydrogens is 470 g/mol. The Morgan fingerprint density at radius 3 is 1.62 bits per heavy atom. The van der Waals surface area contributed by atoms with Crippen molar-refractivity contribution in [2.75, 3.05) is 4.90 Å². The van der Waals surface area contributed by atoms with E-state index in [4.69, 9.17) is 4.98 Å². The smallest absolute Gasteiger partial charge is 0.143 e. The van der Waals surface area contributed by atoms with Crippen molar-refractivity contribution in [1.82, 2.24) is 9.97 Å². The third-order valence-corrected chi connectivity index (χ3v) is 10.3. The van der Waals surface area contributed by atoms with Gasteiger partial charge in [-0.3, -0.25) is 0 Å². The molecule has 4 heteroatoms. The van der Waals surface area contributed by atoms with Gasteiger partial charge in [0, 0.05) is 28.0 Å². The number of benzene rings is 3. The Bertz CT molecular complexity index is 1700. The van der Waals surface area contributed by atoms with Gasteiger partial charge in [-0.05, 0) is 57.6 Å². The highest BCUT2D eigenvalue weighted by Crippen LogP contribution is 2.66. The van der Waals surface area contributed by atoms with E-state index in [9.17, 15) is 0 Å². The average Bonchev–Trinajstić information content (AvgIpc) is 3.31. The minimum absolute atomic E-state index is 0.0672. The molecule has 37 heavy (non-hydrogen) atoms. The van der Waals surface area contributed by atoms with Gasteiger partial charge in [0.25, 0.3) is 0 Å². The topological polar surface area (TPSA) is 29.0 Å². The Balaban J connectivity index is 1.53. The first-order valence-electron chi connectivity index (χ1n) is 13.1. The summed E-state index contributed by atoms with van der Waals surface area (Å²) in [6.07, 6.45) is 1.86. The van der Waals surface area contributed by atoms with Crippen LogP contribution in [0.25, 0.3) is 20.9 Å². The molecule has 0 aliphatic carbocycles. The fourth-order valence-electron chi connectivity index (χ4n) is 7.20. The molecule has 5 heterocycles. The van der Waals surface area contributed by atoms with Crippen molar-refractivity contribution < 1.29 is 0 Å². The SMILES string of the molecule is CC1(C)c2cccc3c2N2c4c1cccc4C(C)(C)c1cc(-c4nc5cccnc5s4)cc(c12)C3(C)C.